The van der Waals surface area contributed by atoms with Crippen LogP contribution < -0.4 is 10.6 Å². The predicted octanol–water partition coefficient (Wildman–Crippen LogP) is 0.810. The summed E-state index contributed by atoms with van der Waals surface area (Å²) in [4.78, 5) is 34.5. The van der Waals surface area contributed by atoms with Crippen LogP contribution in [0.2, 0.25) is 0 Å². The topological polar surface area (TPSA) is 101 Å². The Labute approximate surface area is 106 Å². The molecule has 7 nitrogen and oxygen atoms in total. The van der Waals surface area contributed by atoms with E-state index in [-0.39, 0.29) is 11.3 Å². The van der Waals surface area contributed by atoms with Gasteiger partial charge in [0.15, 0.2) is 0 Å². The number of nitrogens with one attached hydrogen (secondary N) is 2. The molecule has 0 radical (unpaired) electrons. The molecule has 0 atom stereocenters. The van der Waals surface area contributed by atoms with E-state index < -0.39 is 17.7 Å². The van der Waals surface area contributed by atoms with Gasteiger partial charge in [-0.05, 0) is 18.2 Å². The third-order valence-electron chi connectivity index (χ3n) is 2.66. The second-order valence-electron chi connectivity index (χ2n) is 3.87. The van der Waals surface area contributed by atoms with Gasteiger partial charge >= 0.3 is 0 Å². The van der Waals surface area contributed by atoms with Gasteiger partial charge in [0, 0.05) is 11.8 Å². The molecule has 94 valence electrons. The van der Waals surface area contributed by atoms with Crippen molar-refractivity contribution in [1.82, 2.24) is 10.5 Å². The van der Waals surface area contributed by atoms with Crippen LogP contribution in [0.1, 0.15) is 31.3 Å². The van der Waals surface area contributed by atoms with Crippen LogP contribution in [0.4, 0.5) is 5.69 Å². The van der Waals surface area contributed by atoms with Crippen molar-refractivity contribution in [2.45, 2.75) is 0 Å². The van der Waals surface area contributed by atoms with Crippen LogP contribution >= 0.6 is 0 Å². The number of rotatable bonds is 2. The first-order valence-corrected chi connectivity index (χ1v) is 5.37. The lowest BCUT2D eigenvalue weighted by molar-refractivity contribution is 0.0878. The number of carbonyl (C=O) groups is 3. The van der Waals surface area contributed by atoms with E-state index in [9.17, 15) is 14.4 Å². The average molecular weight is 257 g/mol. The quantitative estimate of drug-likeness (QED) is 0.775. The summed E-state index contributed by atoms with van der Waals surface area (Å²) in [7, 11) is 0. The first kappa shape index (κ1) is 11.1. The lowest BCUT2D eigenvalue weighted by Crippen LogP contribution is -2.19. The van der Waals surface area contributed by atoms with E-state index in [2.05, 4.69) is 15.8 Å². The van der Waals surface area contributed by atoms with Gasteiger partial charge in [-0.3, -0.25) is 19.7 Å². The lowest BCUT2D eigenvalue weighted by Gasteiger charge is -2.03. The third kappa shape index (κ3) is 1.86. The van der Waals surface area contributed by atoms with Crippen molar-refractivity contribution < 1.29 is 18.9 Å². The highest BCUT2D eigenvalue weighted by atomic mass is 16.5. The van der Waals surface area contributed by atoms with Gasteiger partial charge in [0.05, 0.1) is 17.3 Å². The average Bonchev–Trinajstić information content (AvgIpc) is 2.99. The molecular formula is C12H7N3O4. The van der Waals surface area contributed by atoms with Crippen molar-refractivity contribution in [2.24, 2.45) is 0 Å². The Bertz CT molecular complexity index is 691. The van der Waals surface area contributed by atoms with E-state index in [0.717, 1.165) is 0 Å². The summed E-state index contributed by atoms with van der Waals surface area (Å²) in [5.41, 5.74) is 0.924. The Hall–Kier alpha value is -2.96. The maximum atomic E-state index is 11.7. The van der Waals surface area contributed by atoms with Crippen molar-refractivity contribution in [1.29, 1.82) is 0 Å². The summed E-state index contributed by atoms with van der Waals surface area (Å²) in [6.07, 6.45) is 1.35. The van der Waals surface area contributed by atoms with E-state index in [0.29, 0.717) is 11.3 Å². The number of imide groups is 1. The Kier molecular flexibility index (Phi) is 2.38. The molecule has 3 rings (SSSR count). The minimum atomic E-state index is -0.484. The number of anilines is 1. The van der Waals surface area contributed by atoms with Gasteiger partial charge in [0.2, 0.25) is 5.76 Å². The number of aromatic nitrogens is 1. The molecule has 0 bridgehead atoms. The number of carbonyl (C=O) groups excluding carboxylic acids is 3. The zero-order valence-corrected chi connectivity index (χ0v) is 9.47. The van der Waals surface area contributed by atoms with Crippen LogP contribution in [0.3, 0.4) is 0 Å². The number of benzene rings is 1. The van der Waals surface area contributed by atoms with Gasteiger partial charge in [0.25, 0.3) is 17.7 Å². The Balaban J connectivity index is 1.88. The summed E-state index contributed by atoms with van der Waals surface area (Å²) in [5.74, 6) is -1.34. The number of hydrogen-bond acceptors (Lipinski definition) is 5. The van der Waals surface area contributed by atoms with Crippen molar-refractivity contribution in [3.05, 3.63) is 47.3 Å². The molecule has 1 aliphatic rings. The molecule has 0 aliphatic carbocycles. The summed E-state index contributed by atoms with van der Waals surface area (Å²) in [6.45, 7) is 0. The molecule has 7 heteroatoms. The van der Waals surface area contributed by atoms with E-state index in [1.54, 1.807) is 0 Å². The molecule has 3 amide bonds. The zero-order valence-electron chi connectivity index (χ0n) is 9.47. The Morgan fingerprint density at radius 3 is 2.68 bits per heavy atom. The molecule has 1 aromatic heterocycles. The van der Waals surface area contributed by atoms with Crippen LogP contribution in [-0.4, -0.2) is 22.9 Å². The predicted molar refractivity (Wildman–Crippen MR) is 62.7 cm³/mol. The molecule has 2 N–H and O–H groups in total. The molecule has 2 aromatic rings. The monoisotopic (exact) mass is 257 g/mol. The number of fused-ring (bicyclic) bond motifs is 1. The minimum absolute atomic E-state index is 0.0565. The number of hydrogen-bond donors (Lipinski definition) is 2. The highest BCUT2D eigenvalue weighted by Crippen LogP contribution is 2.20. The Morgan fingerprint density at radius 1 is 1.16 bits per heavy atom. The highest BCUT2D eigenvalue weighted by Gasteiger charge is 2.26. The van der Waals surface area contributed by atoms with Crippen LogP contribution in [0.25, 0.3) is 0 Å². The molecule has 0 saturated heterocycles. The molecular weight excluding hydrogens is 250 g/mol. The number of nitrogens with zero attached hydrogens (tertiary/aromatic N) is 1. The fourth-order valence-corrected chi connectivity index (χ4v) is 1.77. The molecule has 1 aromatic carbocycles. The maximum Gasteiger partial charge on any atom is 0.294 e. The van der Waals surface area contributed by atoms with E-state index in [4.69, 9.17) is 4.52 Å². The minimum Gasteiger partial charge on any atom is -0.351 e. The van der Waals surface area contributed by atoms with Crippen molar-refractivity contribution >= 4 is 23.4 Å². The molecule has 1 aliphatic heterocycles. The molecule has 2 heterocycles. The fraction of sp³-hybridized carbons (Fsp3) is 0. The van der Waals surface area contributed by atoms with Crippen LogP contribution in [0, 0.1) is 0 Å². The molecule has 0 saturated carbocycles. The maximum absolute atomic E-state index is 11.7. The SMILES string of the molecule is O=C(Nc1ccc2c(c1)C(=O)NC2=O)c1ccno1. The van der Waals surface area contributed by atoms with Gasteiger partial charge in [0.1, 0.15) is 0 Å². The van der Waals surface area contributed by atoms with Gasteiger partial charge in [-0.25, -0.2) is 0 Å². The van der Waals surface area contributed by atoms with Crippen molar-refractivity contribution in [3.8, 4) is 0 Å². The first-order chi connectivity index (χ1) is 9.15. The van der Waals surface area contributed by atoms with Gasteiger partial charge < -0.3 is 9.84 Å². The molecule has 0 spiro atoms. The Morgan fingerprint density at radius 2 is 1.95 bits per heavy atom. The normalized spacial score (nSPS) is 13.1. The van der Waals surface area contributed by atoms with Crippen LogP contribution in [0.15, 0.2) is 35.0 Å². The standard InChI is InChI=1S/C12H7N3O4/c16-10-7-2-1-6(5-8(7)11(17)15-10)14-12(18)9-3-4-13-19-9/h1-5H,(H,14,18)(H,15,16,17). The summed E-state index contributed by atoms with van der Waals surface area (Å²) in [6, 6.07) is 5.86. The first-order valence-electron chi connectivity index (χ1n) is 5.37. The molecule has 0 unspecified atom stereocenters. The van der Waals surface area contributed by atoms with E-state index in [1.807, 2.05) is 0 Å². The second-order valence-corrected chi connectivity index (χ2v) is 3.87. The van der Waals surface area contributed by atoms with E-state index >= 15 is 0 Å². The van der Waals surface area contributed by atoms with Crippen LogP contribution in [-0.2, 0) is 0 Å². The summed E-state index contributed by atoms with van der Waals surface area (Å²) >= 11 is 0. The smallest absolute Gasteiger partial charge is 0.294 e. The summed E-state index contributed by atoms with van der Waals surface area (Å²) in [5, 5.41) is 8.14. The third-order valence-corrected chi connectivity index (χ3v) is 2.66. The highest BCUT2D eigenvalue weighted by molar-refractivity contribution is 6.22. The van der Waals surface area contributed by atoms with Gasteiger partial charge in [-0.2, -0.15) is 0 Å². The summed E-state index contributed by atoms with van der Waals surface area (Å²) < 4.78 is 4.70. The fourth-order valence-electron chi connectivity index (χ4n) is 1.77. The van der Waals surface area contributed by atoms with Crippen molar-refractivity contribution in [2.75, 3.05) is 5.32 Å². The molecule has 0 fully saturated rings. The van der Waals surface area contributed by atoms with Gasteiger partial charge in [-0.15, -0.1) is 0 Å². The lowest BCUT2D eigenvalue weighted by atomic mass is 10.1. The van der Waals surface area contributed by atoms with Crippen molar-refractivity contribution in [3.63, 3.8) is 0 Å². The van der Waals surface area contributed by atoms with Gasteiger partial charge in [-0.1, -0.05) is 5.16 Å². The largest absolute Gasteiger partial charge is 0.351 e. The molecule has 19 heavy (non-hydrogen) atoms. The van der Waals surface area contributed by atoms with E-state index in [1.165, 1.54) is 30.5 Å². The zero-order chi connectivity index (χ0) is 13.4. The second kappa shape index (κ2) is 4.05. The number of amides is 3. The van der Waals surface area contributed by atoms with Crippen LogP contribution in [0.5, 0.6) is 0 Å².